The normalized spacial score (nSPS) is 14.0. The first-order valence-electron chi connectivity index (χ1n) is 13.4. The van der Waals surface area contributed by atoms with Gasteiger partial charge in [0.05, 0.1) is 7.11 Å². The molecule has 0 aliphatic carbocycles. The van der Waals surface area contributed by atoms with Gasteiger partial charge in [-0.3, -0.25) is 9.69 Å². The number of nitrogens with one attached hydrogen (secondary N) is 1. The third kappa shape index (κ3) is 7.52. The average molecular weight is 578 g/mol. The average Bonchev–Trinajstić information content (AvgIpc) is 2.97. The molecular weight excluding hydrogens is 547 g/mol. The topological polar surface area (TPSA) is 74.3 Å². The second kappa shape index (κ2) is 12.4. The summed E-state index contributed by atoms with van der Waals surface area (Å²) in [6.07, 6.45) is -4.81. The van der Waals surface area contributed by atoms with E-state index in [0.717, 1.165) is 18.8 Å². The van der Waals surface area contributed by atoms with Gasteiger partial charge in [0.25, 0.3) is 5.91 Å². The molecule has 1 saturated heterocycles. The summed E-state index contributed by atoms with van der Waals surface area (Å²) in [5.74, 6) is 0.226. The van der Waals surface area contributed by atoms with Crippen molar-refractivity contribution in [2.45, 2.75) is 12.9 Å². The molecule has 4 aromatic carbocycles. The summed E-state index contributed by atoms with van der Waals surface area (Å²) in [4.78, 5) is 17.0. The first kappa shape index (κ1) is 28.8. The smallest absolute Gasteiger partial charge is 0.508 e. The third-order valence-electron chi connectivity index (χ3n) is 7.00. The van der Waals surface area contributed by atoms with Crippen LogP contribution in [0.1, 0.15) is 15.9 Å². The van der Waals surface area contributed by atoms with Gasteiger partial charge < -0.3 is 24.8 Å². The summed E-state index contributed by atoms with van der Waals surface area (Å²) >= 11 is 0. The first-order valence-corrected chi connectivity index (χ1v) is 13.4. The molecule has 7 nitrogen and oxygen atoms in total. The van der Waals surface area contributed by atoms with Crippen molar-refractivity contribution >= 4 is 17.3 Å². The van der Waals surface area contributed by atoms with E-state index in [1.807, 2.05) is 18.2 Å². The molecule has 4 aromatic rings. The van der Waals surface area contributed by atoms with Crippen LogP contribution in [0.5, 0.6) is 17.2 Å². The summed E-state index contributed by atoms with van der Waals surface area (Å²) < 4.78 is 48.5. The van der Waals surface area contributed by atoms with Gasteiger partial charge in [-0.1, -0.05) is 12.1 Å². The predicted molar refractivity (Wildman–Crippen MR) is 155 cm³/mol. The molecule has 218 valence electrons. The van der Waals surface area contributed by atoms with E-state index in [0.29, 0.717) is 53.3 Å². The van der Waals surface area contributed by atoms with Gasteiger partial charge in [0.2, 0.25) is 0 Å². The number of amides is 1. The number of carbonyl (C=O) groups is 1. The second-order valence-electron chi connectivity index (χ2n) is 9.96. The molecule has 1 aliphatic heterocycles. The highest BCUT2D eigenvalue weighted by Gasteiger charge is 2.31. The third-order valence-corrected chi connectivity index (χ3v) is 7.00. The van der Waals surface area contributed by atoms with Gasteiger partial charge >= 0.3 is 6.36 Å². The summed E-state index contributed by atoms with van der Waals surface area (Å²) in [5, 5.41) is 12.7. The fourth-order valence-corrected chi connectivity index (χ4v) is 4.92. The van der Waals surface area contributed by atoms with Gasteiger partial charge in [-0.25, -0.2) is 0 Å². The number of halogens is 3. The number of rotatable bonds is 8. The quantitative estimate of drug-likeness (QED) is 0.248. The number of ether oxygens (including phenoxy) is 2. The van der Waals surface area contributed by atoms with Crippen LogP contribution in [0.15, 0.2) is 91.0 Å². The fourth-order valence-electron chi connectivity index (χ4n) is 4.92. The number of nitrogens with zero attached hydrogens (tertiary/aromatic N) is 2. The monoisotopic (exact) mass is 577 g/mol. The molecule has 0 bridgehead atoms. The first-order chi connectivity index (χ1) is 20.1. The molecule has 1 amide bonds. The number of hydrogen-bond donors (Lipinski definition) is 2. The summed E-state index contributed by atoms with van der Waals surface area (Å²) in [6, 6.07) is 25.4. The summed E-state index contributed by atoms with van der Waals surface area (Å²) in [5.41, 5.74) is 3.99. The molecule has 2 N–H and O–H groups in total. The highest BCUT2D eigenvalue weighted by atomic mass is 19.4. The molecule has 0 saturated carbocycles. The maximum Gasteiger partial charge on any atom is 0.573 e. The molecule has 10 heteroatoms. The van der Waals surface area contributed by atoms with E-state index in [9.17, 15) is 23.1 Å². The van der Waals surface area contributed by atoms with E-state index < -0.39 is 6.36 Å². The molecule has 5 rings (SSSR count). The van der Waals surface area contributed by atoms with Crippen molar-refractivity contribution in [3.63, 3.8) is 0 Å². The molecule has 42 heavy (non-hydrogen) atoms. The number of alkyl halides is 3. The van der Waals surface area contributed by atoms with Crippen LogP contribution in [0.25, 0.3) is 11.1 Å². The van der Waals surface area contributed by atoms with Crippen molar-refractivity contribution in [1.29, 1.82) is 0 Å². The number of phenols is 1. The Labute approximate surface area is 241 Å². The minimum Gasteiger partial charge on any atom is -0.508 e. The van der Waals surface area contributed by atoms with Gasteiger partial charge in [-0.05, 0) is 95.6 Å². The summed E-state index contributed by atoms with van der Waals surface area (Å²) in [6.45, 7) is 3.28. The highest BCUT2D eigenvalue weighted by molar-refractivity contribution is 6.04. The van der Waals surface area contributed by atoms with E-state index in [1.165, 1.54) is 24.3 Å². The molecule has 0 unspecified atom stereocenters. The number of piperazine rings is 1. The van der Waals surface area contributed by atoms with Crippen LogP contribution >= 0.6 is 0 Å². The Morgan fingerprint density at radius 2 is 1.57 bits per heavy atom. The SMILES string of the molecule is COc1ccc(NC(=O)c2ccc(N3CCN(Cc4cc(OC(F)(F)F)cc(-c5cccc(O)c5)c4)CC3)cc2)cc1. The molecule has 0 radical (unpaired) electrons. The molecule has 1 aliphatic rings. The highest BCUT2D eigenvalue weighted by Crippen LogP contribution is 2.32. The largest absolute Gasteiger partial charge is 0.573 e. The van der Waals surface area contributed by atoms with E-state index in [4.69, 9.17) is 4.74 Å². The Hall–Kier alpha value is -4.70. The Kier molecular flexibility index (Phi) is 8.53. The summed E-state index contributed by atoms with van der Waals surface area (Å²) in [7, 11) is 1.58. The minimum absolute atomic E-state index is 0.0261. The van der Waals surface area contributed by atoms with Crippen molar-refractivity contribution < 1.29 is 32.5 Å². The maximum absolute atomic E-state index is 13.0. The molecule has 0 aromatic heterocycles. The molecule has 0 atom stereocenters. The van der Waals surface area contributed by atoms with Crippen molar-refractivity contribution in [1.82, 2.24) is 4.90 Å². The standard InChI is InChI=1S/C32H30F3N3O4/c1-41-29-11-7-26(8-12-29)36-31(40)23-5-9-27(10-6-23)38-15-13-37(14-16-38)21-22-17-25(24-3-2-4-28(39)19-24)20-30(18-22)42-32(33,34)35/h2-12,17-20,39H,13-16,21H2,1H3,(H,36,40). The van der Waals surface area contributed by atoms with Crippen molar-refractivity contribution in [3.05, 3.63) is 102 Å². The predicted octanol–water partition coefficient (Wildman–Crippen LogP) is 6.54. The van der Waals surface area contributed by atoms with Gasteiger partial charge in [0.1, 0.15) is 17.2 Å². The number of phenolic OH excluding ortho intramolecular Hbond substituents is 1. The number of aromatic hydroxyl groups is 1. The van der Waals surface area contributed by atoms with Gasteiger partial charge in [0.15, 0.2) is 0 Å². The number of anilines is 2. The van der Waals surface area contributed by atoms with Crippen molar-refractivity contribution in [2.75, 3.05) is 43.5 Å². The Bertz CT molecular complexity index is 1520. The van der Waals surface area contributed by atoms with Crippen LogP contribution in [0, 0.1) is 0 Å². The zero-order valence-electron chi connectivity index (χ0n) is 22.9. The van der Waals surface area contributed by atoms with Crippen LogP contribution in [0.4, 0.5) is 24.5 Å². The van der Waals surface area contributed by atoms with Crippen LogP contribution in [-0.2, 0) is 6.54 Å². The Balaban J connectivity index is 1.21. The van der Waals surface area contributed by atoms with Crippen LogP contribution in [0.3, 0.4) is 0 Å². The molecular formula is C32H30F3N3O4. The zero-order chi connectivity index (χ0) is 29.7. The van der Waals surface area contributed by atoms with Gasteiger partial charge in [0, 0.05) is 49.7 Å². The van der Waals surface area contributed by atoms with E-state index in [1.54, 1.807) is 55.6 Å². The van der Waals surface area contributed by atoms with Crippen molar-refractivity contribution in [2.24, 2.45) is 0 Å². The Morgan fingerprint density at radius 3 is 2.21 bits per heavy atom. The van der Waals surface area contributed by atoms with Gasteiger partial charge in [-0.2, -0.15) is 0 Å². The lowest BCUT2D eigenvalue weighted by Crippen LogP contribution is -2.46. The second-order valence-corrected chi connectivity index (χ2v) is 9.96. The maximum atomic E-state index is 13.0. The lowest BCUT2D eigenvalue weighted by molar-refractivity contribution is -0.274. The fraction of sp³-hybridized carbons (Fsp3) is 0.219. The van der Waals surface area contributed by atoms with Crippen LogP contribution in [-0.4, -0.2) is 55.6 Å². The van der Waals surface area contributed by atoms with Crippen LogP contribution < -0.4 is 19.7 Å². The zero-order valence-corrected chi connectivity index (χ0v) is 22.9. The van der Waals surface area contributed by atoms with E-state index >= 15 is 0 Å². The number of carbonyl (C=O) groups excluding carboxylic acids is 1. The van der Waals surface area contributed by atoms with Crippen LogP contribution in [0.2, 0.25) is 0 Å². The lowest BCUT2D eigenvalue weighted by Gasteiger charge is -2.36. The molecule has 0 spiro atoms. The molecule has 1 fully saturated rings. The van der Waals surface area contributed by atoms with E-state index in [2.05, 4.69) is 19.9 Å². The number of benzene rings is 4. The molecule has 1 heterocycles. The number of methoxy groups -OCH3 is 1. The van der Waals surface area contributed by atoms with Gasteiger partial charge in [-0.15, -0.1) is 13.2 Å². The number of hydrogen-bond acceptors (Lipinski definition) is 6. The lowest BCUT2D eigenvalue weighted by atomic mass is 10.0. The van der Waals surface area contributed by atoms with E-state index in [-0.39, 0.29) is 17.4 Å². The Morgan fingerprint density at radius 1 is 0.857 bits per heavy atom. The minimum atomic E-state index is -4.81. The van der Waals surface area contributed by atoms with Crippen molar-refractivity contribution in [3.8, 4) is 28.4 Å².